The number of hydrogen-bond acceptors (Lipinski definition) is 14. The molecule has 0 aromatic heterocycles. The van der Waals surface area contributed by atoms with Crippen LogP contribution in [-0.4, -0.2) is 145 Å². The second-order valence-electron chi connectivity index (χ2n) is 23.7. The number of likely N-dealkylation sites (N-methyl/N-ethyl adjacent to an activating group) is 2. The molecule has 0 unspecified atom stereocenters. The molecule has 23 heteroatoms. The van der Waals surface area contributed by atoms with Crippen molar-refractivity contribution in [1.82, 2.24) is 36.4 Å². The van der Waals surface area contributed by atoms with E-state index in [-0.39, 0.29) is 69.5 Å². The molecular weight excluding hydrogens is 1070 g/mol. The van der Waals surface area contributed by atoms with E-state index in [4.69, 9.17) is 24.7 Å². The van der Waals surface area contributed by atoms with Crippen molar-refractivity contribution in [3.05, 3.63) is 77.4 Å². The molecule has 6 atom stereocenters. The zero-order chi connectivity index (χ0) is 63.2. The number of benzene rings is 2. The summed E-state index contributed by atoms with van der Waals surface area (Å²) in [5, 5.41) is 16.2. The third-order valence-corrected chi connectivity index (χ3v) is 13.4. The van der Waals surface area contributed by atoms with Crippen molar-refractivity contribution in [3.8, 4) is 0 Å². The summed E-state index contributed by atoms with van der Waals surface area (Å²) in [6.45, 7) is 26.1. The molecule has 0 saturated carbocycles. The van der Waals surface area contributed by atoms with Gasteiger partial charge in [0.1, 0.15) is 42.4 Å². The third-order valence-electron chi connectivity index (χ3n) is 13.4. The lowest BCUT2D eigenvalue weighted by Crippen LogP contribution is -2.63. The number of alkyl carbamates (subject to hydrolysis) is 1. The molecule has 0 heterocycles. The third kappa shape index (κ3) is 23.6. The Labute approximate surface area is 490 Å². The van der Waals surface area contributed by atoms with Gasteiger partial charge in [0.25, 0.3) is 0 Å². The number of urea groups is 1. The molecule has 8 N–H and O–H groups in total. The van der Waals surface area contributed by atoms with Crippen molar-refractivity contribution in [2.45, 2.75) is 183 Å². The maximum atomic E-state index is 15.0. The first kappa shape index (κ1) is 71.4. The molecule has 0 aliphatic carbocycles. The number of carbonyl (C=O) groups excluding carboxylic acids is 10. The molecule has 23 nitrogen and oxygen atoms in total. The zero-order valence-electron chi connectivity index (χ0n) is 51.7. The minimum Gasteiger partial charge on any atom is -0.466 e. The fourth-order valence-corrected chi connectivity index (χ4v) is 8.86. The summed E-state index contributed by atoms with van der Waals surface area (Å²) < 4.78 is 21.3. The molecule has 0 fully saturated rings. The maximum Gasteiger partial charge on any atom is 0.410 e. The number of nitrogens with one attached hydrogen (secondary N) is 6. The van der Waals surface area contributed by atoms with Crippen molar-refractivity contribution >= 4 is 65.4 Å². The maximum absolute atomic E-state index is 15.0. The standard InChI is InChI=1S/C60H93N9O14/c1-18-80-45(70)32-31-43(54(76)81-19-2)65-49(71)38(7)34-44(36(3)4)68(16)53(75)47(58(8,9)10)67-52(74)48(60(14,15)40-24-21-20-22-25-40)69(17)57(79)82-35-39-27-29-41(30-28-39)63-50(72)42(26-23-33-62-55(61)77)64-51(73)46(37(5)6)66-56(78)83-59(11,12)13/h20-22,24-25,27-30,34,36-37,42-44,46-48H,18-19,23,26,31-33,35H2,1-17H3,(H,63,72)(H,64,73)(H,65,71)(H,66,78)(H,67,74)(H3,61,62,77)/b38-34+/t42-,43+,44+,46-,47+,48+/m0/s1. The molecule has 2 aromatic rings. The Kier molecular flexibility index (Phi) is 28.2. The van der Waals surface area contributed by atoms with E-state index in [1.807, 2.05) is 44.2 Å². The summed E-state index contributed by atoms with van der Waals surface area (Å²) in [4.78, 5) is 136. The first-order valence-corrected chi connectivity index (χ1v) is 28.1. The van der Waals surface area contributed by atoms with Crippen molar-refractivity contribution in [1.29, 1.82) is 0 Å². The number of hydrogen-bond donors (Lipinski definition) is 7. The van der Waals surface area contributed by atoms with E-state index in [0.29, 0.717) is 16.8 Å². The predicted molar refractivity (Wildman–Crippen MR) is 314 cm³/mol. The van der Waals surface area contributed by atoms with Crippen LogP contribution >= 0.6 is 0 Å². The number of esters is 2. The topological polar surface area (TPSA) is 312 Å². The van der Waals surface area contributed by atoms with Crippen molar-refractivity contribution in [3.63, 3.8) is 0 Å². The van der Waals surface area contributed by atoms with Crippen molar-refractivity contribution in [2.75, 3.05) is 39.2 Å². The molecule has 83 heavy (non-hydrogen) atoms. The summed E-state index contributed by atoms with van der Waals surface area (Å²) >= 11 is 0. The molecule has 0 radical (unpaired) electrons. The summed E-state index contributed by atoms with van der Waals surface area (Å²) in [6, 6.07) is 8.29. The molecular formula is C60H93N9O14. The minimum atomic E-state index is -1.26. The SMILES string of the molecule is CCOC(=O)CC[C@@H](NC(=O)/C(C)=C/[C@H](C(C)C)N(C)C(=O)[C@@H](NC(=O)[C@@H](N(C)C(=O)OCc1ccc(NC(=O)[C@H](CCCNC(N)=O)NC(=O)[C@@H](NC(=O)OC(C)(C)C)C(C)C)cc1)C(C)(C)c1ccccc1)C(C)(C)C)C(=O)OCC. The molecule has 2 rings (SSSR count). The summed E-state index contributed by atoms with van der Waals surface area (Å²) in [6.07, 6.45) is 0.0881. The fourth-order valence-electron chi connectivity index (χ4n) is 8.86. The number of amides is 9. The smallest absolute Gasteiger partial charge is 0.410 e. The molecule has 462 valence electrons. The fraction of sp³-hybridized carbons (Fsp3) is 0.600. The number of ether oxygens (including phenoxy) is 4. The van der Waals surface area contributed by atoms with Gasteiger partial charge in [0.15, 0.2) is 0 Å². The van der Waals surface area contributed by atoms with Gasteiger partial charge < -0.3 is 61.5 Å². The van der Waals surface area contributed by atoms with Crippen LogP contribution in [0.15, 0.2) is 66.2 Å². The number of nitrogens with zero attached hydrogens (tertiary/aromatic N) is 2. The first-order chi connectivity index (χ1) is 38.5. The number of anilines is 1. The van der Waals surface area contributed by atoms with Crippen LogP contribution in [-0.2, 0) is 64.5 Å². The average molecular weight is 1160 g/mol. The van der Waals surface area contributed by atoms with Gasteiger partial charge in [-0.25, -0.2) is 19.2 Å². The normalized spacial score (nSPS) is 14.0. The van der Waals surface area contributed by atoms with Crippen LogP contribution in [0.4, 0.5) is 20.1 Å². The van der Waals surface area contributed by atoms with Crippen molar-refractivity contribution in [2.24, 2.45) is 23.0 Å². The Morgan fingerprint density at radius 2 is 1.28 bits per heavy atom. The summed E-state index contributed by atoms with van der Waals surface area (Å²) in [5.74, 6) is -4.88. The van der Waals surface area contributed by atoms with Gasteiger partial charge in [-0.2, -0.15) is 0 Å². The Morgan fingerprint density at radius 1 is 0.675 bits per heavy atom. The predicted octanol–water partition coefficient (Wildman–Crippen LogP) is 6.37. The van der Waals surface area contributed by atoms with E-state index in [9.17, 15) is 47.9 Å². The van der Waals surface area contributed by atoms with E-state index in [0.717, 1.165) is 0 Å². The highest BCUT2D eigenvalue weighted by Gasteiger charge is 2.46. The van der Waals surface area contributed by atoms with Gasteiger partial charge in [0.05, 0.1) is 19.3 Å². The number of carbonyl (C=O) groups is 10. The molecule has 0 spiro atoms. The highest BCUT2D eigenvalue weighted by Crippen LogP contribution is 2.32. The lowest BCUT2D eigenvalue weighted by molar-refractivity contribution is -0.148. The summed E-state index contributed by atoms with van der Waals surface area (Å²) in [7, 11) is 3.00. The Morgan fingerprint density at radius 3 is 1.81 bits per heavy atom. The molecule has 0 aliphatic rings. The van der Waals surface area contributed by atoms with Crippen molar-refractivity contribution < 1.29 is 66.9 Å². The molecule has 0 saturated heterocycles. The molecule has 2 aromatic carbocycles. The Balaban J connectivity index is 2.41. The molecule has 0 aliphatic heterocycles. The van der Waals surface area contributed by atoms with Gasteiger partial charge in [-0.1, -0.05) is 111 Å². The number of rotatable bonds is 29. The highest BCUT2D eigenvalue weighted by molar-refractivity contribution is 5.99. The van der Waals surface area contributed by atoms with Crippen LogP contribution in [0.1, 0.15) is 141 Å². The van der Waals surface area contributed by atoms with Gasteiger partial charge in [0, 0.05) is 43.7 Å². The lowest BCUT2D eigenvalue weighted by Gasteiger charge is -2.42. The van der Waals surface area contributed by atoms with E-state index in [1.165, 1.54) is 16.8 Å². The van der Waals surface area contributed by atoms with E-state index >= 15 is 0 Å². The number of nitrogens with two attached hydrogens (primary N) is 1. The number of primary amides is 1. The monoisotopic (exact) mass is 1160 g/mol. The molecule has 0 bridgehead atoms. The van der Waals surface area contributed by atoms with Gasteiger partial charge in [-0.05, 0) is 101 Å². The van der Waals surface area contributed by atoms with Crippen LogP contribution in [0.25, 0.3) is 0 Å². The van der Waals surface area contributed by atoms with Crippen LogP contribution in [0.5, 0.6) is 0 Å². The highest BCUT2D eigenvalue weighted by atomic mass is 16.6. The van der Waals surface area contributed by atoms with Gasteiger partial charge in [-0.3, -0.25) is 33.7 Å². The zero-order valence-corrected chi connectivity index (χ0v) is 51.7. The van der Waals surface area contributed by atoms with Gasteiger partial charge >= 0.3 is 30.2 Å². The second-order valence-corrected chi connectivity index (χ2v) is 23.7. The van der Waals surface area contributed by atoms with Crippen LogP contribution < -0.4 is 37.6 Å². The van der Waals surface area contributed by atoms with E-state index in [1.54, 1.807) is 127 Å². The Bertz CT molecular complexity index is 2560. The van der Waals surface area contributed by atoms with Crippen LogP contribution in [0, 0.1) is 17.3 Å². The quantitative estimate of drug-likeness (QED) is 0.0201. The van der Waals surface area contributed by atoms with E-state index in [2.05, 4.69) is 31.9 Å². The average Bonchev–Trinajstić information content (AvgIpc) is 3.60. The first-order valence-electron chi connectivity index (χ1n) is 28.1. The van der Waals surface area contributed by atoms with Gasteiger partial charge in [-0.15, -0.1) is 0 Å². The summed E-state index contributed by atoms with van der Waals surface area (Å²) in [5.41, 5.74) is 4.15. The lowest BCUT2D eigenvalue weighted by atomic mass is 9.76. The van der Waals surface area contributed by atoms with Crippen LogP contribution in [0.3, 0.4) is 0 Å². The van der Waals surface area contributed by atoms with E-state index < -0.39 is 112 Å². The van der Waals surface area contributed by atoms with Gasteiger partial charge in [0.2, 0.25) is 29.5 Å². The Hall–Kier alpha value is -7.72. The van der Waals surface area contributed by atoms with Crippen LogP contribution in [0.2, 0.25) is 0 Å². The second kappa shape index (κ2) is 32.8. The molecule has 9 amide bonds. The largest absolute Gasteiger partial charge is 0.466 e. The minimum absolute atomic E-state index is 0.0528.